The Morgan fingerprint density at radius 1 is 1.38 bits per heavy atom. The van der Waals surface area contributed by atoms with Gasteiger partial charge in [-0.3, -0.25) is 4.79 Å². The summed E-state index contributed by atoms with van der Waals surface area (Å²) in [5.41, 5.74) is 8.35. The molecule has 0 aliphatic heterocycles. The number of nitrogens with one attached hydrogen (secondary N) is 1. The number of rotatable bonds is 5. The van der Waals surface area contributed by atoms with E-state index in [2.05, 4.69) is 10.3 Å². The molecule has 1 heterocycles. The number of nitrogens with zero attached hydrogens (tertiary/aromatic N) is 1. The van der Waals surface area contributed by atoms with Crippen LogP contribution in [-0.4, -0.2) is 16.9 Å². The predicted molar refractivity (Wildman–Crippen MR) is 82.7 cm³/mol. The molecule has 1 amide bonds. The van der Waals surface area contributed by atoms with E-state index in [1.165, 1.54) is 0 Å². The number of aryl methyl sites for hydroxylation is 1. The molecular weight excluding hydrogens is 266 g/mol. The normalized spacial score (nSPS) is 13.7. The molecule has 0 saturated carbocycles. The quantitative estimate of drug-likeness (QED) is 0.885. The highest BCUT2D eigenvalue weighted by Crippen LogP contribution is 2.21. The van der Waals surface area contributed by atoms with Crippen molar-refractivity contribution in [1.29, 1.82) is 0 Å². The number of carbonyl (C=O) groups is 1. The molecular formula is C16H21N3O2. The van der Waals surface area contributed by atoms with Gasteiger partial charge < -0.3 is 15.5 Å². The molecule has 2 aromatic rings. The third-order valence-corrected chi connectivity index (χ3v) is 3.63. The van der Waals surface area contributed by atoms with Gasteiger partial charge in [0.2, 0.25) is 5.91 Å². The average Bonchev–Trinajstić information content (AvgIpc) is 2.93. The third-order valence-electron chi connectivity index (χ3n) is 3.63. The van der Waals surface area contributed by atoms with Crippen LogP contribution in [0.4, 0.5) is 5.69 Å². The van der Waals surface area contributed by atoms with E-state index in [0.717, 1.165) is 23.4 Å². The zero-order valence-corrected chi connectivity index (χ0v) is 12.6. The highest BCUT2D eigenvalue weighted by molar-refractivity contribution is 5.95. The zero-order valence-electron chi connectivity index (χ0n) is 12.6. The molecule has 0 saturated heterocycles. The molecule has 0 aliphatic rings. The Morgan fingerprint density at radius 3 is 2.57 bits per heavy atom. The van der Waals surface area contributed by atoms with E-state index in [9.17, 15) is 4.79 Å². The monoisotopic (exact) mass is 287 g/mol. The maximum Gasteiger partial charge on any atom is 0.241 e. The minimum absolute atomic E-state index is 0.155. The molecule has 0 fully saturated rings. The molecule has 0 radical (unpaired) electrons. The molecule has 21 heavy (non-hydrogen) atoms. The van der Waals surface area contributed by atoms with Gasteiger partial charge in [-0.1, -0.05) is 32.4 Å². The summed E-state index contributed by atoms with van der Waals surface area (Å²) in [6, 6.07) is 6.96. The minimum Gasteiger partial charge on any atom is -0.449 e. The largest absolute Gasteiger partial charge is 0.449 e. The second-order valence-electron chi connectivity index (χ2n) is 5.23. The van der Waals surface area contributed by atoms with Crippen molar-refractivity contribution in [2.45, 2.75) is 33.2 Å². The van der Waals surface area contributed by atoms with E-state index < -0.39 is 6.04 Å². The van der Waals surface area contributed by atoms with Gasteiger partial charge in [-0.25, -0.2) is 4.98 Å². The van der Waals surface area contributed by atoms with E-state index >= 15 is 0 Å². The molecule has 3 N–H and O–H groups in total. The van der Waals surface area contributed by atoms with Gasteiger partial charge >= 0.3 is 0 Å². The van der Waals surface area contributed by atoms with Crippen LogP contribution in [0.25, 0.3) is 11.3 Å². The Morgan fingerprint density at radius 2 is 2.05 bits per heavy atom. The van der Waals surface area contributed by atoms with Gasteiger partial charge in [-0.15, -0.1) is 0 Å². The minimum atomic E-state index is -0.493. The highest BCUT2D eigenvalue weighted by atomic mass is 16.3. The summed E-state index contributed by atoms with van der Waals surface area (Å²) in [6.45, 7) is 5.79. The lowest BCUT2D eigenvalue weighted by Gasteiger charge is -2.17. The predicted octanol–water partition coefficient (Wildman–Crippen LogP) is 2.96. The van der Waals surface area contributed by atoms with E-state index in [-0.39, 0.29) is 11.8 Å². The molecule has 0 unspecified atom stereocenters. The van der Waals surface area contributed by atoms with Gasteiger partial charge in [-0.2, -0.15) is 0 Å². The second-order valence-corrected chi connectivity index (χ2v) is 5.23. The first kappa shape index (κ1) is 15.3. The van der Waals surface area contributed by atoms with Gasteiger partial charge in [0.1, 0.15) is 12.0 Å². The standard InChI is InChI=1S/C16H21N3O2/c1-4-10(2)15(17)16(20)19-13-7-5-12(6-8-13)14-9-21-11(3)18-14/h5-10,15H,4,17H2,1-3H3,(H,19,20)/t10-,15-/m0/s1. The van der Waals surface area contributed by atoms with Crippen LogP contribution in [-0.2, 0) is 4.79 Å². The number of carbonyl (C=O) groups excluding carboxylic acids is 1. The van der Waals surface area contributed by atoms with E-state index in [4.69, 9.17) is 10.2 Å². The Balaban J connectivity index is 2.04. The van der Waals surface area contributed by atoms with Crippen molar-refractivity contribution in [2.24, 2.45) is 11.7 Å². The van der Waals surface area contributed by atoms with Crippen molar-refractivity contribution in [2.75, 3.05) is 5.32 Å². The summed E-state index contributed by atoms with van der Waals surface area (Å²) in [5.74, 6) is 0.624. The summed E-state index contributed by atoms with van der Waals surface area (Å²) in [7, 11) is 0. The second kappa shape index (κ2) is 6.54. The number of amides is 1. The lowest BCUT2D eigenvalue weighted by molar-refractivity contribution is -0.118. The molecule has 2 atom stereocenters. The van der Waals surface area contributed by atoms with Crippen molar-refractivity contribution >= 4 is 11.6 Å². The Bertz CT molecular complexity index is 604. The molecule has 112 valence electrons. The van der Waals surface area contributed by atoms with E-state index in [1.54, 1.807) is 13.2 Å². The maximum absolute atomic E-state index is 12.0. The zero-order chi connectivity index (χ0) is 15.4. The first-order valence-corrected chi connectivity index (χ1v) is 7.10. The van der Waals surface area contributed by atoms with Crippen LogP contribution in [0.3, 0.4) is 0 Å². The van der Waals surface area contributed by atoms with Crippen LogP contribution in [0.15, 0.2) is 34.9 Å². The number of benzene rings is 1. The fraction of sp³-hybridized carbons (Fsp3) is 0.375. The maximum atomic E-state index is 12.0. The van der Waals surface area contributed by atoms with E-state index in [0.29, 0.717) is 5.89 Å². The van der Waals surface area contributed by atoms with Crippen LogP contribution in [0.1, 0.15) is 26.2 Å². The molecule has 0 aliphatic carbocycles. The van der Waals surface area contributed by atoms with Crippen molar-refractivity contribution < 1.29 is 9.21 Å². The average molecular weight is 287 g/mol. The molecule has 2 rings (SSSR count). The smallest absolute Gasteiger partial charge is 0.241 e. The van der Waals surface area contributed by atoms with Crippen LogP contribution < -0.4 is 11.1 Å². The summed E-state index contributed by atoms with van der Waals surface area (Å²) < 4.78 is 5.19. The van der Waals surface area contributed by atoms with Gasteiger partial charge in [0, 0.05) is 18.2 Å². The highest BCUT2D eigenvalue weighted by Gasteiger charge is 2.19. The number of oxazole rings is 1. The molecule has 5 nitrogen and oxygen atoms in total. The topological polar surface area (TPSA) is 81.2 Å². The van der Waals surface area contributed by atoms with Crippen LogP contribution in [0.5, 0.6) is 0 Å². The number of aromatic nitrogens is 1. The fourth-order valence-corrected chi connectivity index (χ4v) is 1.96. The lowest BCUT2D eigenvalue weighted by atomic mass is 9.99. The number of anilines is 1. The molecule has 5 heteroatoms. The van der Waals surface area contributed by atoms with Crippen LogP contribution in [0.2, 0.25) is 0 Å². The first-order chi connectivity index (χ1) is 10.0. The van der Waals surface area contributed by atoms with Crippen molar-refractivity contribution in [1.82, 2.24) is 4.98 Å². The number of nitrogens with two attached hydrogens (primary N) is 1. The summed E-state index contributed by atoms with van der Waals surface area (Å²) >= 11 is 0. The summed E-state index contributed by atoms with van der Waals surface area (Å²) in [6.07, 6.45) is 2.49. The van der Waals surface area contributed by atoms with Gasteiger partial charge in [-0.05, 0) is 18.1 Å². The van der Waals surface area contributed by atoms with Crippen molar-refractivity contribution in [3.63, 3.8) is 0 Å². The van der Waals surface area contributed by atoms with Gasteiger partial charge in [0.05, 0.1) is 6.04 Å². The van der Waals surface area contributed by atoms with Gasteiger partial charge in [0.25, 0.3) is 0 Å². The molecule has 0 spiro atoms. The van der Waals surface area contributed by atoms with Gasteiger partial charge in [0.15, 0.2) is 5.89 Å². The van der Waals surface area contributed by atoms with E-state index in [1.807, 2.05) is 38.1 Å². The Kier molecular flexibility index (Phi) is 4.75. The Hall–Kier alpha value is -2.14. The number of hydrogen-bond donors (Lipinski definition) is 2. The first-order valence-electron chi connectivity index (χ1n) is 7.10. The number of hydrogen-bond acceptors (Lipinski definition) is 4. The molecule has 1 aromatic carbocycles. The van der Waals surface area contributed by atoms with Crippen LogP contribution in [0, 0.1) is 12.8 Å². The SMILES string of the molecule is CC[C@H](C)[C@H](N)C(=O)Nc1ccc(-c2coc(C)n2)cc1. The lowest BCUT2D eigenvalue weighted by Crippen LogP contribution is -2.40. The molecule has 1 aromatic heterocycles. The summed E-state index contributed by atoms with van der Waals surface area (Å²) in [4.78, 5) is 16.3. The van der Waals surface area contributed by atoms with Crippen molar-refractivity contribution in [3.8, 4) is 11.3 Å². The van der Waals surface area contributed by atoms with Crippen LogP contribution >= 0.6 is 0 Å². The third kappa shape index (κ3) is 3.70. The fourth-order valence-electron chi connectivity index (χ4n) is 1.96. The van der Waals surface area contributed by atoms with Crippen molar-refractivity contribution in [3.05, 3.63) is 36.4 Å². The summed E-state index contributed by atoms with van der Waals surface area (Å²) in [5, 5.41) is 2.83. The molecule has 0 bridgehead atoms. The Labute approximate surface area is 124 Å².